The predicted molar refractivity (Wildman–Crippen MR) is 86.6 cm³/mol. The lowest BCUT2D eigenvalue weighted by molar-refractivity contribution is 0.368. The number of benzene rings is 2. The van der Waals surface area contributed by atoms with Crippen molar-refractivity contribution in [2.75, 3.05) is 0 Å². The van der Waals surface area contributed by atoms with Crippen LogP contribution in [-0.2, 0) is 30.7 Å². The number of nitrogens with zero attached hydrogens (tertiary/aromatic N) is 1. The standard InChI is InChI=1S/C19H22NO/c1-3-16-5-9-18(10-6-16)13-20(15-21)14-19-11-7-17(4-2)8-12-19/h5-12H,3-4,13-14H2,1-2H3. The molecule has 2 rings (SSSR count). The molecule has 109 valence electrons. The summed E-state index contributed by atoms with van der Waals surface area (Å²) in [6.07, 6.45) is 4.11. The van der Waals surface area contributed by atoms with Crippen LogP contribution in [0.4, 0.5) is 0 Å². The van der Waals surface area contributed by atoms with Crippen LogP contribution in [0.25, 0.3) is 0 Å². The van der Waals surface area contributed by atoms with Gasteiger partial charge in [-0.3, -0.25) is 4.79 Å². The van der Waals surface area contributed by atoms with Crippen LogP contribution in [0, 0.1) is 0 Å². The van der Waals surface area contributed by atoms with Crippen molar-refractivity contribution >= 4 is 6.41 Å². The third kappa shape index (κ3) is 4.45. The van der Waals surface area contributed by atoms with Crippen LogP contribution in [0.3, 0.4) is 0 Å². The zero-order chi connectivity index (χ0) is 15.1. The summed E-state index contributed by atoms with van der Waals surface area (Å²) in [5.41, 5.74) is 4.91. The zero-order valence-electron chi connectivity index (χ0n) is 12.8. The van der Waals surface area contributed by atoms with Crippen molar-refractivity contribution < 1.29 is 4.79 Å². The Kier molecular flexibility index (Phi) is 5.56. The van der Waals surface area contributed by atoms with E-state index in [1.54, 1.807) is 4.90 Å². The summed E-state index contributed by atoms with van der Waals surface area (Å²) in [6, 6.07) is 16.8. The third-order valence-corrected chi connectivity index (χ3v) is 3.74. The highest BCUT2D eigenvalue weighted by Crippen LogP contribution is 2.11. The van der Waals surface area contributed by atoms with Gasteiger partial charge in [0, 0.05) is 13.1 Å². The number of hydrogen-bond acceptors (Lipinski definition) is 1. The largest absolute Gasteiger partial charge is 0.326 e. The molecule has 0 aromatic heterocycles. The van der Waals surface area contributed by atoms with Crippen molar-refractivity contribution in [3.63, 3.8) is 0 Å². The molecule has 2 aromatic carbocycles. The molecule has 0 saturated carbocycles. The maximum atomic E-state index is 11.2. The number of amides is 1. The first-order chi connectivity index (χ1) is 10.2. The minimum absolute atomic E-state index is 0.600. The fraction of sp³-hybridized carbons (Fsp3) is 0.316. The minimum atomic E-state index is 0.600. The van der Waals surface area contributed by atoms with Crippen molar-refractivity contribution in [1.29, 1.82) is 0 Å². The Morgan fingerprint density at radius 2 is 1.05 bits per heavy atom. The quantitative estimate of drug-likeness (QED) is 0.705. The lowest BCUT2D eigenvalue weighted by Crippen LogP contribution is -2.20. The van der Waals surface area contributed by atoms with Crippen LogP contribution in [-0.4, -0.2) is 11.3 Å². The Labute approximate surface area is 127 Å². The highest BCUT2D eigenvalue weighted by atomic mass is 16.1. The molecule has 0 aliphatic carbocycles. The van der Waals surface area contributed by atoms with E-state index in [1.165, 1.54) is 11.1 Å². The second-order valence-corrected chi connectivity index (χ2v) is 5.29. The maximum Gasteiger partial charge on any atom is 0.312 e. The molecule has 0 saturated heterocycles. The van der Waals surface area contributed by atoms with E-state index in [-0.39, 0.29) is 0 Å². The van der Waals surface area contributed by atoms with E-state index >= 15 is 0 Å². The second-order valence-electron chi connectivity index (χ2n) is 5.29. The van der Waals surface area contributed by atoms with Crippen LogP contribution in [0.2, 0.25) is 0 Å². The molecule has 0 aliphatic rings. The van der Waals surface area contributed by atoms with Gasteiger partial charge in [0.05, 0.1) is 0 Å². The Bertz CT molecular complexity index is 508. The highest BCUT2D eigenvalue weighted by Gasteiger charge is 2.06. The van der Waals surface area contributed by atoms with Gasteiger partial charge in [0.15, 0.2) is 0 Å². The van der Waals surface area contributed by atoms with E-state index in [1.807, 2.05) is 6.41 Å². The van der Waals surface area contributed by atoms with Crippen LogP contribution >= 0.6 is 0 Å². The molecular formula is C19H22NO. The van der Waals surface area contributed by atoms with Crippen molar-refractivity contribution in [2.24, 2.45) is 0 Å². The summed E-state index contributed by atoms with van der Waals surface area (Å²) in [6.45, 7) is 5.48. The normalized spacial score (nSPS) is 10.4. The van der Waals surface area contributed by atoms with Gasteiger partial charge >= 0.3 is 6.41 Å². The Morgan fingerprint density at radius 1 is 0.714 bits per heavy atom. The van der Waals surface area contributed by atoms with Gasteiger partial charge in [-0.25, -0.2) is 0 Å². The summed E-state index contributed by atoms with van der Waals surface area (Å²) in [4.78, 5) is 12.8. The van der Waals surface area contributed by atoms with Crippen molar-refractivity contribution in [1.82, 2.24) is 4.90 Å². The summed E-state index contributed by atoms with van der Waals surface area (Å²) in [5.74, 6) is 0. The molecule has 1 amide bonds. The lowest BCUT2D eigenvalue weighted by Gasteiger charge is -2.17. The first-order valence-electron chi connectivity index (χ1n) is 7.53. The van der Waals surface area contributed by atoms with Crippen LogP contribution in [0.15, 0.2) is 48.5 Å². The lowest BCUT2D eigenvalue weighted by atomic mass is 10.1. The molecule has 1 radical (unpaired) electrons. The summed E-state index contributed by atoms with van der Waals surface area (Å²) < 4.78 is 0. The van der Waals surface area contributed by atoms with Crippen molar-refractivity contribution in [3.05, 3.63) is 70.8 Å². The summed E-state index contributed by atoms with van der Waals surface area (Å²) >= 11 is 0. The molecule has 0 unspecified atom stereocenters. The van der Waals surface area contributed by atoms with E-state index < -0.39 is 0 Å². The van der Waals surface area contributed by atoms with Crippen molar-refractivity contribution in [2.45, 2.75) is 39.8 Å². The van der Waals surface area contributed by atoms with Gasteiger partial charge in [-0.05, 0) is 35.1 Å². The average Bonchev–Trinajstić information content (AvgIpc) is 2.55. The smallest absolute Gasteiger partial charge is 0.312 e. The Morgan fingerprint density at radius 3 is 1.33 bits per heavy atom. The molecule has 2 aromatic rings. The maximum absolute atomic E-state index is 11.2. The topological polar surface area (TPSA) is 20.3 Å². The van der Waals surface area contributed by atoms with Crippen LogP contribution < -0.4 is 0 Å². The fourth-order valence-corrected chi connectivity index (χ4v) is 2.32. The van der Waals surface area contributed by atoms with Gasteiger partial charge in [-0.2, -0.15) is 0 Å². The SMILES string of the molecule is CCc1ccc(CN([C]=O)Cc2ccc(CC)cc2)cc1. The molecular weight excluding hydrogens is 258 g/mol. The second kappa shape index (κ2) is 7.63. The van der Waals surface area contributed by atoms with E-state index in [9.17, 15) is 4.79 Å². The van der Waals surface area contributed by atoms with E-state index in [0.717, 1.165) is 24.0 Å². The van der Waals surface area contributed by atoms with E-state index in [4.69, 9.17) is 0 Å². The van der Waals surface area contributed by atoms with Crippen LogP contribution in [0.5, 0.6) is 0 Å². The average molecular weight is 280 g/mol. The molecule has 0 bridgehead atoms. The van der Waals surface area contributed by atoms with Gasteiger partial charge in [0.2, 0.25) is 0 Å². The van der Waals surface area contributed by atoms with Gasteiger partial charge in [0.25, 0.3) is 0 Å². The van der Waals surface area contributed by atoms with Gasteiger partial charge in [0.1, 0.15) is 0 Å². The molecule has 0 N–H and O–H groups in total. The molecule has 2 heteroatoms. The fourth-order valence-electron chi connectivity index (χ4n) is 2.32. The highest BCUT2D eigenvalue weighted by molar-refractivity contribution is 5.49. The van der Waals surface area contributed by atoms with Gasteiger partial charge < -0.3 is 4.90 Å². The summed E-state index contributed by atoms with van der Waals surface area (Å²) in [5, 5.41) is 0. The number of aryl methyl sites for hydroxylation is 2. The van der Waals surface area contributed by atoms with E-state index in [2.05, 4.69) is 62.4 Å². The molecule has 0 fully saturated rings. The molecule has 0 heterocycles. The van der Waals surface area contributed by atoms with Crippen LogP contribution in [0.1, 0.15) is 36.1 Å². The monoisotopic (exact) mass is 280 g/mol. The molecule has 0 atom stereocenters. The summed E-state index contributed by atoms with van der Waals surface area (Å²) in [7, 11) is 0. The first-order valence-corrected chi connectivity index (χ1v) is 7.53. The minimum Gasteiger partial charge on any atom is -0.326 e. The van der Waals surface area contributed by atoms with Gasteiger partial charge in [-0.15, -0.1) is 0 Å². The van der Waals surface area contributed by atoms with E-state index in [0.29, 0.717) is 13.1 Å². The number of hydrogen-bond donors (Lipinski definition) is 0. The first kappa shape index (κ1) is 15.3. The number of carbonyl (C=O) groups excluding carboxylic acids is 1. The third-order valence-electron chi connectivity index (χ3n) is 3.74. The Hall–Kier alpha value is -2.09. The predicted octanol–water partition coefficient (Wildman–Crippen LogP) is 3.88. The number of rotatable bonds is 7. The zero-order valence-corrected chi connectivity index (χ0v) is 12.8. The molecule has 2 nitrogen and oxygen atoms in total. The molecule has 21 heavy (non-hydrogen) atoms. The Balaban J connectivity index is 1.99. The molecule has 0 spiro atoms. The van der Waals surface area contributed by atoms with Crippen molar-refractivity contribution in [3.8, 4) is 0 Å². The molecule has 0 aliphatic heterocycles. The van der Waals surface area contributed by atoms with Gasteiger partial charge in [-0.1, -0.05) is 62.4 Å².